The molecule has 0 radical (unpaired) electrons. The quantitative estimate of drug-likeness (QED) is 0.0272. The molecule has 8 nitrogen and oxygen atoms in total. The monoisotopic (exact) mass is 1020 g/mol. The van der Waals surface area contributed by atoms with Crippen molar-refractivity contribution >= 4 is 13.7 Å². The van der Waals surface area contributed by atoms with Crippen LogP contribution in [0.5, 0.6) is 0 Å². The Morgan fingerprint density at radius 2 is 0.803 bits per heavy atom. The molecule has 3 unspecified atom stereocenters. The summed E-state index contributed by atoms with van der Waals surface area (Å²) in [4.78, 5) is 25.3. The fourth-order valence-electron chi connectivity index (χ4n) is 9.21. The molecule has 0 spiro atoms. The van der Waals surface area contributed by atoms with E-state index in [9.17, 15) is 19.4 Å². The van der Waals surface area contributed by atoms with E-state index in [0.29, 0.717) is 17.4 Å². The molecule has 3 atom stereocenters. The largest absolute Gasteiger partial charge is 0.756 e. The first-order chi connectivity index (χ1) is 34.5. The number of allylic oxidation sites excluding steroid dienone is 5. The second kappa shape index (κ2) is 53.5. The molecule has 0 saturated carbocycles. The third kappa shape index (κ3) is 56.3. The van der Waals surface area contributed by atoms with Crippen LogP contribution in [0.4, 0.5) is 0 Å². The summed E-state index contributed by atoms with van der Waals surface area (Å²) in [5, 5.41) is 13.7. The minimum Gasteiger partial charge on any atom is -0.756 e. The van der Waals surface area contributed by atoms with Crippen LogP contribution in [-0.4, -0.2) is 68.5 Å². The Kier molecular flexibility index (Phi) is 52.6. The first kappa shape index (κ1) is 69.7. The van der Waals surface area contributed by atoms with Gasteiger partial charge in [0.15, 0.2) is 0 Å². The average molecular weight is 1020 g/mol. The zero-order chi connectivity index (χ0) is 52.0. The van der Waals surface area contributed by atoms with Crippen molar-refractivity contribution in [3.05, 3.63) is 36.5 Å². The number of phosphoric ester groups is 1. The van der Waals surface area contributed by atoms with Crippen LogP contribution in [0, 0.1) is 0 Å². The summed E-state index contributed by atoms with van der Waals surface area (Å²) in [6.07, 6.45) is 70.2. The third-order valence-corrected chi connectivity index (χ3v) is 15.0. The van der Waals surface area contributed by atoms with Gasteiger partial charge in [0, 0.05) is 6.42 Å². The minimum atomic E-state index is -4.59. The van der Waals surface area contributed by atoms with E-state index in [0.717, 1.165) is 38.5 Å². The highest BCUT2D eigenvalue weighted by atomic mass is 31.2. The Hall–Kier alpha value is -1.28. The van der Waals surface area contributed by atoms with Crippen LogP contribution in [0.3, 0.4) is 0 Å². The number of phosphoric acid groups is 1. The van der Waals surface area contributed by atoms with Gasteiger partial charge in [0.05, 0.1) is 39.9 Å². The van der Waals surface area contributed by atoms with Crippen LogP contribution in [0.15, 0.2) is 36.5 Å². The van der Waals surface area contributed by atoms with Crippen LogP contribution < -0.4 is 10.2 Å². The summed E-state index contributed by atoms with van der Waals surface area (Å²) in [6, 6.07) is -0.898. The first-order valence-electron chi connectivity index (χ1n) is 30.9. The van der Waals surface area contributed by atoms with E-state index in [4.69, 9.17) is 9.05 Å². The minimum absolute atomic E-state index is 0.00523. The second-order valence-corrected chi connectivity index (χ2v) is 23.8. The molecule has 420 valence electrons. The lowest BCUT2D eigenvalue weighted by molar-refractivity contribution is -0.870. The molecule has 0 aliphatic carbocycles. The summed E-state index contributed by atoms with van der Waals surface area (Å²) in [5.74, 6) is -0.206. The fraction of sp³-hybridized carbons (Fsp3) is 0.887. The van der Waals surface area contributed by atoms with E-state index in [1.807, 2.05) is 27.2 Å². The van der Waals surface area contributed by atoms with Crippen molar-refractivity contribution in [1.82, 2.24) is 5.32 Å². The Morgan fingerprint density at radius 3 is 1.18 bits per heavy atom. The van der Waals surface area contributed by atoms with Crippen LogP contribution in [-0.2, 0) is 18.4 Å². The third-order valence-electron chi connectivity index (χ3n) is 14.1. The van der Waals surface area contributed by atoms with Gasteiger partial charge in [-0.15, -0.1) is 0 Å². The predicted molar refractivity (Wildman–Crippen MR) is 307 cm³/mol. The molecule has 71 heavy (non-hydrogen) atoms. The number of quaternary nitrogens is 1. The van der Waals surface area contributed by atoms with Gasteiger partial charge in [0.25, 0.3) is 7.82 Å². The number of carbonyl (C=O) groups excluding carboxylic acids is 1. The maximum absolute atomic E-state index is 12.9. The number of likely N-dealkylation sites (N-methyl/N-ethyl adjacent to an activating group) is 1. The van der Waals surface area contributed by atoms with Crippen molar-refractivity contribution in [2.24, 2.45) is 0 Å². The van der Waals surface area contributed by atoms with Gasteiger partial charge in [-0.1, -0.05) is 281 Å². The summed E-state index contributed by atoms with van der Waals surface area (Å²) < 4.78 is 23.2. The van der Waals surface area contributed by atoms with E-state index >= 15 is 0 Å². The number of nitrogens with one attached hydrogen (secondary N) is 1. The van der Waals surface area contributed by atoms with Gasteiger partial charge in [-0.3, -0.25) is 9.36 Å². The van der Waals surface area contributed by atoms with Crippen LogP contribution in [0.2, 0.25) is 0 Å². The predicted octanol–water partition coefficient (Wildman–Crippen LogP) is 18.3. The molecule has 0 aromatic carbocycles. The number of rotatable bonds is 57. The van der Waals surface area contributed by atoms with Crippen molar-refractivity contribution in [3.8, 4) is 0 Å². The van der Waals surface area contributed by atoms with Crippen LogP contribution in [0.25, 0.3) is 0 Å². The lowest BCUT2D eigenvalue weighted by Gasteiger charge is -2.29. The number of unbranched alkanes of at least 4 members (excludes halogenated alkanes) is 40. The zero-order valence-electron chi connectivity index (χ0n) is 47.9. The average Bonchev–Trinajstić information content (AvgIpc) is 3.33. The summed E-state index contributed by atoms with van der Waals surface area (Å²) in [5.41, 5.74) is 0. The maximum Gasteiger partial charge on any atom is 0.268 e. The van der Waals surface area contributed by atoms with Gasteiger partial charge in [0.2, 0.25) is 5.91 Å². The van der Waals surface area contributed by atoms with Gasteiger partial charge in [0.1, 0.15) is 13.2 Å². The number of aliphatic hydroxyl groups excluding tert-OH is 1. The second-order valence-electron chi connectivity index (χ2n) is 22.4. The number of hydrogen-bond acceptors (Lipinski definition) is 6. The van der Waals surface area contributed by atoms with Crippen molar-refractivity contribution in [2.45, 2.75) is 315 Å². The number of carbonyl (C=O) groups is 1. The highest BCUT2D eigenvalue weighted by molar-refractivity contribution is 7.45. The first-order valence-corrected chi connectivity index (χ1v) is 32.3. The number of nitrogens with zero attached hydrogens (tertiary/aromatic N) is 1. The van der Waals surface area contributed by atoms with Crippen LogP contribution >= 0.6 is 7.82 Å². The van der Waals surface area contributed by atoms with Crippen LogP contribution in [0.1, 0.15) is 303 Å². The summed E-state index contributed by atoms with van der Waals surface area (Å²) in [6.45, 7) is 4.57. The van der Waals surface area contributed by atoms with Crippen molar-refractivity contribution in [2.75, 3.05) is 40.9 Å². The van der Waals surface area contributed by atoms with Gasteiger partial charge in [-0.2, -0.15) is 0 Å². The normalized spacial score (nSPS) is 14.1. The van der Waals surface area contributed by atoms with Gasteiger partial charge in [-0.25, -0.2) is 0 Å². The van der Waals surface area contributed by atoms with Crippen molar-refractivity contribution < 1.29 is 32.9 Å². The maximum atomic E-state index is 12.9. The summed E-state index contributed by atoms with van der Waals surface area (Å²) in [7, 11) is 1.25. The lowest BCUT2D eigenvalue weighted by atomic mass is 10.0. The zero-order valence-corrected chi connectivity index (χ0v) is 48.8. The summed E-state index contributed by atoms with van der Waals surface area (Å²) >= 11 is 0. The van der Waals surface area contributed by atoms with Crippen molar-refractivity contribution in [3.63, 3.8) is 0 Å². The van der Waals surface area contributed by atoms with Gasteiger partial charge >= 0.3 is 0 Å². The highest BCUT2D eigenvalue weighted by Gasteiger charge is 2.23. The molecular weight excluding hydrogens is 900 g/mol. The highest BCUT2D eigenvalue weighted by Crippen LogP contribution is 2.38. The lowest BCUT2D eigenvalue weighted by Crippen LogP contribution is -2.45. The number of amides is 1. The topological polar surface area (TPSA) is 108 Å². The molecule has 1 amide bonds. The van der Waals surface area contributed by atoms with E-state index in [1.165, 1.54) is 244 Å². The molecule has 0 saturated heterocycles. The fourth-order valence-corrected chi connectivity index (χ4v) is 9.94. The molecule has 0 heterocycles. The standard InChI is InChI=1S/C62H121N2O6P/c1-6-8-10-12-14-16-17-18-19-20-21-22-23-24-25-26-27-28-29-30-31-32-33-34-35-36-37-38-39-40-41-42-43-44-45-46-47-48-50-52-54-56-62(66)63-60(59-70-71(67,68)69-58-57-64(3,4)5)61(65)55-53-51-49-15-13-11-9-7-2/h13,15,20-21,53,55,60-61,65H,6-12,14,16-19,22-52,54,56-59H2,1-5H3,(H-,63,66,67,68)/b15-13+,21-20-,55-53+. The van der Waals surface area contributed by atoms with Gasteiger partial charge < -0.3 is 28.8 Å². The van der Waals surface area contributed by atoms with Crippen molar-refractivity contribution in [1.29, 1.82) is 0 Å². The molecular formula is C62H121N2O6P. The number of aliphatic hydroxyl groups is 1. The Morgan fingerprint density at radius 1 is 0.479 bits per heavy atom. The number of hydrogen-bond donors (Lipinski definition) is 2. The molecule has 9 heteroatoms. The molecule has 0 bridgehead atoms. The molecule has 0 rings (SSSR count). The van der Waals surface area contributed by atoms with Gasteiger partial charge in [-0.05, 0) is 51.4 Å². The Balaban J connectivity index is 3.71. The van der Waals surface area contributed by atoms with E-state index in [-0.39, 0.29) is 12.5 Å². The van der Waals surface area contributed by atoms with E-state index < -0.39 is 26.6 Å². The SMILES string of the molecule is CCCC/C=C/CC/C=C/C(O)C(COP(=O)([O-])OCC[N+](C)(C)C)NC(=O)CCCCCCCCCCCCCCCCCCCCCCCCCCCCCCC/C=C\CCCCCCCCCC. The molecule has 0 aromatic rings. The van der Waals surface area contributed by atoms with E-state index in [2.05, 4.69) is 43.5 Å². The Labute approximate surface area is 442 Å². The molecule has 2 N–H and O–H groups in total. The molecule has 0 aliphatic rings. The Bertz CT molecular complexity index is 1250. The molecule has 0 fully saturated rings. The van der Waals surface area contributed by atoms with E-state index in [1.54, 1.807) is 6.08 Å². The molecule has 0 aliphatic heterocycles. The molecule has 0 aromatic heterocycles. The smallest absolute Gasteiger partial charge is 0.268 e.